The quantitative estimate of drug-likeness (QED) is 0.776. The molecule has 0 saturated heterocycles. The van der Waals surface area contributed by atoms with Crippen molar-refractivity contribution in [3.05, 3.63) is 48.3 Å². The summed E-state index contributed by atoms with van der Waals surface area (Å²) in [5.74, 6) is -0.781. The van der Waals surface area contributed by atoms with Crippen LogP contribution in [0.1, 0.15) is 0 Å². The molecule has 0 fully saturated rings. The molecule has 2 aromatic rings. The molecule has 0 aliphatic rings. The molecule has 21 heavy (non-hydrogen) atoms. The van der Waals surface area contributed by atoms with Crippen LogP contribution in [-0.2, 0) is 0 Å². The van der Waals surface area contributed by atoms with Crippen LogP contribution in [0.5, 0.6) is 5.75 Å². The van der Waals surface area contributed by atoms with Crippen LogP contribution in [0.15, 0.2) is 42.5 Å². The summed E-state index contributed by atoms with van der Waals surface area (Å²) >= 11 is 0. The third kappa shape index (κ3) is 3.87. The molecule has 0 unspecified atom stereocenters. The topological polar surface area (TPSA) is 12.5 Å². The highest BCUT2D eigenvalue weighted by molar-refractivity contribution is 5.68. The van der Waals surface area contributed by atoms with E-state index in [2.05, 4.69) is 4.74 Å². The number of nitrogens with zero attached hydrogens (tertiary/aromatic N) is 1. The Bertz CT molecular complexity index is 638. The minimum absolute atomic E-state index is 0.336. The summed E-state index contributed by atoms with van der Waals surface area (Å²) in [6.07, 6.45) is -4.75. The Morgan fingerprint density at radius 3 is 2.19 bits per heavy atom. The zero-order valence-electron chi connectivity index (χ0n) is 11.4. The SMILES string of the molecule is CN(C)c1ccc(-c2cccc(OC(F)(F)F)c2)cc1F. The van der Waals surface area contributed by atoms with Crippen LogP contribution in [0.2, 0.25) is 0 Å². The molecule has 0 aromatic heterocycles. The monoisotopic (exact) mass is 299 g/mol. The van der Waals surface area contributed by atoms with Crippen molar-refractivity contribution in [2.24, 2.45) is 0 Å². The Morgan fingerprint density at radius 2 is 1.62 bits per heavy atom. The van der Waals surface area contributed by atoms with Crippen molar-refractivity contribution in [2.75, 3.05) is 19.0 Å². The molecule has 0 spiro atoms. The number of ether oxygens (including phenoxy) is 1. The van der Waals surface area contributed by atoms with Crippen LogP contribution in [0.3, 0.4) is 0 Å². The average molecular weight is 299 g/mol. The molecule has 2 aromatic carbocycles. The highest BCUT2D eigenvalue weighted by Gasteiger charge is 2.31. The summed E-state index contributed by atoms with van der Waals surface area (Å²) in [6.45, 7) is 0. The van der Waals surface area contributed by atoms with Crippen molar-refractivity contribution >= 4 is 5.69 Å². The van der Waals surface area contributed by atoms with E-state index in [1.54, 1.807) is 37.2 Å². The van der Waals surface area contributed by atoms with E-state index >= 15 is 0 Å². The molecule has 0 heterocycles. The van der Waals surface area contributed by atoms with E-state index in [0.29, 0.717) is 16.8 Å². The van der Waals surface area contributed by atoms with Gasteiger partial charge < -0.3 is 9.64 Å². The Balaban J connectivity index is 2.34. The second-order valence-corrected chi connectivity index (χ2v) is 4.64. The summed E-state index contributed by atoms with van der Waals surface area (Å²) < 4.78 is 54.3. The van der Waals surface area contributed by atoms with Crippen LogP contribution in [0.4, 0.5) is 23.2 Å². The van der Waals surface area contributed by atoms with E-state index in [1.165, 1.54) is 24.3 Å². The van der Waals surface area contributed by atoms with Gasteiger partial charge in [0.25, 0.3) is 0 Å². The molecular formula is C15H13F4NO. The number of halogens is 4. The molecule has 0 bridgehead atoms. The van der Waals surface area contributed by atoms with Crippen LogP contribution in [-0.4, -0.2) is 20.5 Å². The third-order valence-electron chi connectivity index (χ3n) is 2.83. The molecular weight excluding hydrogens is 286 g/mol. The number of rotatable bonds is 3. The average Bonchev–Trinajstić information content (AvgIpc) is 2.36. The number of hydrogen-bond acceptors (Lipinski definition) is 2. The molecule has 0 N–H and O–H groups in total. The first-order valence-electron chi connectivity index (χ1n) is 6.09. The molecule has 6 heteroatoms. The number of hydrogen-bond donors (Lipinski definition) is 0. The zero-order chi connectivity index (χ0) is 15.6. The first-order chi connectivity index (χ1) is 9.76. The van der Waals surface area contributed by atoms with Crippen molar-refractivity contribution in [1.82, 2.24) is 0 Å². The van der Waals surface area contributed by atoms with E-state index in [9.17, 15) is 17.6 Å². The van der Waals surface area contributed by atoms with Crippen molar-refractivity contribution in [3.8, 4) is 16.9 Å². The van der Waals surface area contributed by atoms with Crippen LogP contribution >= 0.6 is 0 Å². The lowest BCUT2D eigenvalue weighted by molar-refractivity contribution is -0.274. The van der Waals surface area contributed by atoms with Gasteiger partial charge in [-0.1, -0.05) is 18.2 Å². The molecule has 0 saturated carbocycles. The first kappa shape index (κ1) is 15.2. The summed E-state index contributed by atoms with van der Waals surface area (Å²) in [6, 6.07) is 9.93. The van der Waals surface area contributed by atoms with E-state index in [-0.39, 0.29) is 5.75 Å². The van der Waals surface area contributed by atoms with Gasteiger partial charge in [0.2, 0.25) is 0 Å². The Morgan fingerprint density at radius 1 is 0.952 bits per heavy atom. The predicted molar refractivity (Wildman–Crippen MR) is 72.8 cm³/mol. The van der Waals surface area contributed by atoms with Gasteiger partial charge in [0, 0.05) is 14.1 Å². The fourth-order valence-corrected chi connectivity index (χ4v) is 1.92. The number of anilines is 1. The van der Waals surface area contributed by atoms with Gasteiger partial charge in [-0.15, -0.1) is 13.2 Å². The van der Waals surface area contributed by atoms with Gasteiger partial charge in [0.05, 0.1) is 5.69 Å². The summed E-state index contributed by atoms with van der Waals surface area (Å²) in [4.78, 5) is 1.61. The van der Waals surface area contributed by atoms with Gasteiger partial charge in [-0.2, -0.15) is 0 Å². The smallest absolute Gasteiger partial charge is 0.406 e. The van der Waals surface area contributed by atoms with Gasteiger partial charge in [0.15, 0.2) is 0 Å². The predicted octanol–water partition coefficient (Wildman–Crippen LogP) is 4.46. The molecule has 0 amide bonds. The lowest BCUT2D eigenvalue weighted by Gasteiger charge is -2.14. The maximum absolute atomic E-state index is 13.9. The van der Waals surface area contributed by atoms with E-state index < -0.39 is 12.2 Å². The Kier molecular flexibility index (Phi) is 4.06. The Labute approximate surface area is 119 Å². The second kappa shape index (κ2) is 5.63. The number of benzene rings is 2. The van der Waals surface area contributed by atoms with Crippen molar-refractivity contribution in [1.29, 1.82) is 0 Å². The fourth-order valence-electron chi connectivity index (χ4n) is 1.92. The van der Waals surface area contributed by atoms with Crippen molar-refractivity contribution in [2.45, 2.75) is 6.36 Å². The highest BCUT2D eigenvalue weighted by Crippen LogP contribution is 2.30. The minimum Gasteiger partial charge on any atom is -0.406 e. The number of alkyl halides is 3. The van der Waals surface area contributed by atoms with E-state index in [0.717, 1.165) is 0 Å². The maximum Gasteiger partial charge on any atom is 0.573 e. The van der Waals surface area contributed by atoms with Crippen LogP contribution < -0.4 is 9.64 Å². The molecule has 0 aliphatic carbocycles. The molecule has 0 atom stereocenters. The third-order valence-corrected chi connectivity index (χ3v) is 2.83. The Hall–Kier alpha value is -2.24. The lowest BCUT2D eigenvalue weighted by atomic mass is 10.0. The normalized spacial score (nSPS) is 11.3. The molecule has 0 aliphatic heterocycles. The van der Waals surface area contributed by atoms with Gasteiger partial charge in [0.1, 0.15) is 11.6 Å². The van der Waals surface area contributed by atoms with Gasteiger partial charge in [-0.3, -0.25) is 0 Å². The van der Waals surface area contributed by atoms with Gasteiger partial charge in [-0.25, -0.2) is 4.39 Å². The van der Waals surface area contributed by atoms with Crippen molar-refractivity contribution < 1.29 is 22.3 Å². The van der Waals surface area contributed by atoms with Gasteiger partial charge in [-0.05, 0) is 35.4 Å². The molecule has 0 radical (unpaired) electrons. The largest absolute Gasteiger partial charge is 0.573 e. The maximum atomic E-state index is 13.9. The lowest BCUT2D eigenvalue weighted by Crippen LogP contribution is -2.17. The van der Waals surface area contributed by atoms with E-state index in [1.807, 2.05) is 0 Å². The summed E-state index contributed by atoms with van der Waals surface area (Å²) in [5.41, 5.74) is 1.33. The second-order valence-electron chi connectivity index (χ2n) is 4.64. The standard InChI is InChI=1S/C15H13F4NO/c1-20(2)14-7-6-11(9-13(14)16)10-4-3-5-12(8-10)21-15(17,18)19/h3-9H,1-2H3. The fraction of sp³-hybridized carbons (Fsp3) is 0.200. The summed E-state index contributed by atoms with van der Waals surface area (Å²) in [7, 11) is 3.41. The summed E-state index contributed by atoms with van der Waals surface area (Å²) in [5, 5.41) is 0. The molecule has 2 rings (SSSR count). The van der Waals surface area contributed by atoms with Crippen LogP contribution in [0, 0.1) is 5.82 Å². The van der Waals surface area contributed by atoms with Gasteiger partial charge >= 0.3 is 6.36 Å². The highest BCUT2D eigenvalue weighted by atomic mass is 19.4. The molecule has 2 nitrogen and oxygen atoms in total. The first-order valence-corrected chi connectivity index (χ1v) is 6.09. The van der Waals surface area contributed by atoms with Crippen LogP contribution in [0.25, 0.3) is 11.1 Å². The minimum atomic E-state index is -4.75. The van der Waals surface area contributed by atoms with E-state index in [4.69, 9.17) is 0 Å². The zero-order valence-corrected chi connectivity index (χ0v) is 11.4. The van der Waals surface area contributed by atoms with Crippen molar-refractivity contribution in [3.63, 3.8) is 0 Å². The molecule has 112 valence electrons.